The number of carbonyl (C=O) groups is 1. The number of aromatic hydroxyl groups is 3. The van der Waals surface area contributed by atoms with Crippen molar-refractivity contribution in [2.24, 2.45) is 0 Å². The van der Waals surface area contributed by atoms with Crippen molar-refractivity contribution in [1.29, 1.82) is 0 Å². The van der Waals surface area contributed by atoms with Gasteiger partial charge in [-0.2, -0.15) is 0 Å². The molecule has 0 saturated carbocycles. The van der Waals surface area contributed by atoms with Gasteiger partial charge < -0.3 is 29.9 Å². The molecule has 1 aliphatic heterocycles. The lowest BCUT2D eigenvalue weighted by Gasteiger charge is -2.32. The van der Waals surface area contributed by atoms with E-state index in [1.807, 2.05) is 0 Å². The van der Waals surface area contributed by atoms with Crippen LogP contribution < -0.4 is 9.47 Å². The van der Waals surface area contributed by atoms with Gasteiger partial charge in [0.1, 0.15) is 23.4 Å². The molecule has 29 heavy (non-hydrogen) atoms. The highest BCUT2D eigenvalue weighted by atomic mass is 16.5. The van der Waals surface area contributed by atoms with Crippen molar-refractivity contribution in [3.8, 4) is 28.7 Å². The summed E-state index contributed by atoms with van der Waals surface area (Å²) in [6, 6.07) is 6.89. The average Bonchev–Trinajstić information content (AvgIpc) is 2.67. The van der Waals surface area contributed by atoms with E-state index in [0.29, 0.717) is 16.9 Å². The summed E-state index contributed by atoms with van der Waals surface area (Å²) in [4.78, 5) is 12.2. The SMILES string of the molecule is CCCCCCC(=O)Oc1cc(O)cc2c1C[C@@H](O)[C@@H](c1ccc(O)c(O)c1)O2. The zero-order valence-electron chi connectivity index (χ0n) is 16.3. The van der Waals surface area contributed by atoms with Crippen LogP contribution >= 0.6 is 0 Å². The van der Waals surface area contributed by atoms with Crippen LogP contribution in [0.4, 0.5) is 0 Å². The lowest BCUT2D eigenvalue weighted by molar-refractivity contribution is -0.134. The summed E-state index contributed by atoms with van der Waals surface area (Å²) in [5.74, 6) is -0.647. The quantitative estimate of drug-likeness (QED) is 0.241. The molecule has 0 fully saturated rings. The van der Waals surface area contributed by atoms with Crippen molar-refractivity contribution < 1.29 is 34.7 Å². The van der Waals surface area contributed by atoms with Crippen LogP contribution in [0, 0.1) is 0 Å². The molecule has 4 N–H and O–H groups in total. The van der Waals surface area contributed by atoms with E-state index in [0.717, 1.165) is 25.7 Å². The van der Waals surface area contributed by atoms with Gasteiger partial charge in [-0.15, -0.1) is 0 Å². The Bertz CT molecular complexity index is 878. The predicted molar refractivity (Wildman–Crippen MR) is 105 cm³/mol. The smallest absolute Gasteiger partial charge is 0.311 e. The van der Waals surface area contributed by atoms with Crippen molar-refractivity contribution in [2.45, 2.75) is 57.7 Å². The Labute approximate surface area is 169 Å². The fourth-order valence-corrected chi connectivity index (χ4v) is 3.41. The van der Waals surface area contributed by atoms with Gasteiger partial charge in [-0.1, -0.05) is 32.3 Å². The lowest BCUT2D eigenvalue weighted by atomic mass is 9.94. The first kappa shape index (κ1) is 20.8. The van der Waals surface area contributed by atoms with Gasteiger partial charge >= 0.3 is 5.97 Å². The highest BCUT2D eigenvalue weighted by Gasteiger charge is 2.33. The van der Waals surface area contributed by atoms with Crippen molar-refractivity contribution in [1.82, 2.24) is 0 Å². The van der Waals surface area contributed by atoms with Crippen LogP contribution in [0.5, 0.6) is 28.7 Å². The van der Waals surface area contributed by atoms with Gasteiger partial charge in [0.05, 0.1) is 6.10 Å². The number of esters is 1. The fraction of sp³-hybridized carbons (Fsp3) is 0.409. The molecular formula is C22H26O7. The standard InChI is InChI=1S/C22H26O7/c1-2-3-4-5-6-21(27)28-19-10-14(23)11-20-15(19)12-18(26)22(29-20)13-7-8-16(24)17(25)9-13/h7-11,18,22-26H,2-6,12H2,1H3/t18-,22-/m1/s1. The average molecular weight is 402 g/mol. The number of hydrogen-bond donors (Lipinski definition) is 4. The molecule has 2 atom stereocenters. The first-order chi connectivity index (χ1) is 13.9. The molecule has 0 saturated heterocycles. The van der Waals surface area contributed by atoms with Gasteiger partial charge in [0.2, 0.25) is 0 Å². The molecule has 156 valence electrons. The molecule has 3 rings (SSSR count). The summed E-state index contributed by atoms with van der Waals surface area (Å²) in [6.45, 7) is 2.09. The molecule has 0 aliphatic carbocycles. The molecular weight excluding hydrogens is 376 g/mol. The summed E-state index contributed by atoms with van der Waals surface area (Å²) in [6.07, 6.45) is 2.45. The van der Waals surface area contributed by atoms with Gasteiger partial charge in [-0.05, 0) is 24.1 Å². The molecule has 1 heterocycles. The number of phenolic OH excluding ortho intramolecular Hbond substituents is 3. The number of ether oxygens (including phenoxy) is 2. The maximum Gasteiger partial charge on any atom is 0.311 e. The Balaban J connectivity index is 1.79. The summed E-state index contributed by atoms with van der Waals surface area (Å²) >= 11 is 0. The first-order valence-corrected chi connectivity index (χ1v) is 9.82. The molecule has 2 aromatic rings. The number of aliphatic hydroxyl groups is 1. The third kappa shape index (κ3) is 4.92. The number of hydrogen-bond acceptors (Lipinski definition) is 7. The van der Waals surface area contributed by atoms with E-state index in [9.17, 15) is 25.2 Å². The maximum atomic E-state index is 12.2. The number of aliphatic hydroxyl groups excluding tert-OH is 1. The normalized spacial score (nSPS) is 18.0. The minimum absolute atomic E-state index is 0.124. The van der Waals surface area contributed by atoms with E-state index in [2.05, 4.69) is 6.92 Å². The molecule has 1 aliphatic rings. The van der Waals surface area contributed by atoms with Gasteiger partial charge in [-0.25, -0.2) is 0 Å². The number of carbonyl (C=O) groups excluding carboxylic acids is 1. The maximum absolute atomic E-state index is 12.2. The molecule has 0 radical (unpaired) electrons. The number of benzene rings is 2. The van der Waals surface area contributed by atoms with Gasteiger partial charge in [0.15, 0.2) is 11.5 Å². The molecule has 7 heteroatoms. The molecule has 0 spiro atoms. The zero-order valence-corrected chi connectivity index (χ0v) is 16.3. The summed E-state index contributed by atoms with van der Waals surface area (Å²) in [7, 11) is 0. The van der Waals surface area contributed by atoms with Crippen LogP contribution in [0.15, 0.2) is 30.3 Å². The Morgan fingerprint density at radius 3 is 2.62 bits per heavy atom. The topological polar surface area (TPSA) is 116 Å². The summed E-state index contributed by atoms with van der Waals surface area (Å²) < 4.78 is 11.3. The second kappa shape index (κ2) is 9.05. The van der Waals surface area contributed by atoms with Crippen LogP contribution in [0.3, 0.4) is 0 Å². The molecule has 0 bridgehead atoms. The van der Waals surface area contributed by atoms with E-state index in [-0.39, 0.29) is 35.8 Å². The van der Waals surface area contributed by atoms with Gasteiger partial charge in [-0.3, -0.25) is 4.79 Å². The molecule has 7 nitrogen and oxygen atoms in total. The number of phenols is 3. The second-order valence-electron chi connectivity index (χ2n) is 7.26. The predicted octanol–water partition coefficient (Wildman–Crippen LogP) is 3.72. The number of unbranched alkanes of at least 4 members (excludes halogenated alkanes) is 3. The minimum Gasteiger partial charge on any atom is -0.508 e. The zero-order chi connectivity index (χ0) is 21.0. The summed E-state index contributed by atoms with van der Waals surface area (Å²) in [5.41, 5.74) is 0.965. The van der Waals surface area contributed by atoms with Crippen molar-refractivity contribution in [3.05, 3.63) is 41.5 Å². The van der Waals surface area contributed by atoms with E-state index in [1.54, 1.807) is 0 Å². The molecule has 0 amide bonds. The Kier molecular flexibility index (Phi) is 6.49. The van der Waals surface area contributed by atoms with Crippen LogP contribution in [-0.4, -0.2) is 32.5 Å². The van der Waals surface area contributed by atoms with Crippen LogP contribution in [0.1, 0.15) is 56.3 Å². The fourth-order valence-electron chi connectivity index (χ4n) is 3.41. The number of fused-ring (bicyclic) bond motifs is 1. The Morgan fingerprint density at radius 1 is 1.10 bits per heavy atom. The van der Waals surface area contributed by atoms with E-state index in [1.165, 1.54) is 30.3 Å². The van der Waals surface area contributed by atoms with Crippen molar-refractivity contribution in [3.63, 3.8) is 0 Å². The van der Waals surface area contributed by atoms with E-state index >= 15 is 0 Å². The van der Waals surface area contributed by atoms with Crippen molar-refractivity contribution in [2.75, 3.05) is 0 Å². The van der Waals surface area contributed by atoms with E-state index in [4.69, 9.17) is 9.47 Å². The van der Waals surface area contributed by atoms with Gasteiger partial charge in [0, 0.05) is 30.5 Å². The van der Waals surface area contributed by atoms with Crippen molar-refractivity contribution >= 4 is 5.97 Å². The second-order valence-corrected chi connectivity index (χ2v) is 7.26. The third-order valence-electron chi connectivity index (χ3n) is 4.96. The monoisotopic (exact) mass is 402 g/mol. The largest absolute Gasteiger partial charge is 0.508 e. The molecule has 0 aromatic heterocycles. The van der Waals surface area contributed by atoms with Crippen LogP contribution in [0.25, 0.3) is 0 Å². The molecule has 2 aromatic carbocycles. The first-order valence-electron chi connectivity index (χ1n) is 9.82. The van der Waals surface area contributed by atoms with E-state index < -0.39 is 18.2 Å². The molecule has 0 unspecified atom stereocenters. The minimum atomic E-state index is -0.974. The van der Waals surface area contributed by atoms with Gasteiger partial charge in [0.25, 0.3) is 0 Å². The number of rotatable bonds is 7. The lowest BCUT2D eigenvalue weighted by Crippen LogP contribution is -2.30. The Hall–Kier alpha value is -2.93. The highest BCUT2D eigenvalue weighted by Crippen LogP contribution is 2.43. The Morgan fingerprint density at radius 2 is 1.90 bits per heavy atom. The third-order valence-corrected chi connectivity index (χ3v) is 4.96. The summed E-state index contributed by atoms with van der Waals surface area (Å²) in [5, 5.41) is 39.8. The van der Waals surface area contributed by atoms with Crippen LogP contribution in [0.2, 0.25) is 0 Å². The highest BCUT2D eigenvalue weighted by molar-refractivity contribution is 5.73. The van der Waals surface area contributed by atoms with Crippen LogP contribution in [-0.2, 0) is 11.2 Å².